The first-order chi connectivity index (χ1) is 11.6. The van der Waals surface area contributed by atoms with Crippen molar-refractivity contribution in [3.63, 3.8) is 0 Å². The number of rotatable bonds is 9. The molecule has 0 saturated carbocycles. The van der Waals surface area contributed by atoms with Crippen molar-refractivity contribution in [3.8, 4) is 0 Å². The van der Waals surface area contributed by atoms with Gasteiger partial charge in [-0.2, -0.15) is 12.6 Å². The standard InChI is InChI=1S/C15H16N4O4S/c20-10-23-8-14(24)13-7-16-9-18-15(13)17-6-5-11-1-3-12(4-2-11)19(21)22/h1-4,7,9-10,14,24H,5-6,8H2,(H,16,17,18). The normalized spacial score (nSPS) is 11.5. The number of aromatic nitrogens is 2. The summed E-state index contributed by atoms with van der Waals surface area (Å²) >= 11 is 4.38. The molecule has 1 aromatic carbocycles. The molecular formula is C15H16N4O4S. The minimum absolute atomic E-state index is 0.0675. The Kier molecular flexibility index (Phi) is 6.50. The van der Waals surface area contributed by atoms with E-state index in [1.807, 2.05) is 0 Å². The number of anilines is 1. The molecule has 8 nitrogen and oxygen atoms in total. The van der Waals surface area contributed by atoms with Gasteiger partial charge < -0.3 is 10.1 Å². The highest BCUT2D eigenvalue weighted by Crippen LogP contribution is 2.25. The molecule has 0 bridgehead atoms. The van der Waals surface area contributed by atoms with E-state index in [0.717, 1.165) is 11.1 Å². The number of hydrogen-bond acceptors (Lipinski definition) is 8. The minimum atomic E-state index is -0.427. The summed E-state index contributed by atoms with van der Waals surface area (Å²) in [5.74, 6) is 0.612. The van der Waals surface area contributed by atoms with Crippen molar-refractivity contribution in [1.29, 1.82) is 0 Å². The summed E-state index contributed by atoms with van der Waals surface area (Å²) in [5, 5.41) is 13.5. The first kappa shape index (κ1) is 17.7. The molecule has 0 saturated heterocycles. The monoisotopic (exact) mass is 348 g/mol. The van der Waals surface area contributed by atoms with Crippen LogP contribution in [-0.2, 0) is 16.0 Å². The quantitative estimate of drug-likeness (QED) is 0.309. The third-order valence-corrected chi connectivity index (χ3v) is 3.70. The molecule has 1 atom stereocenters. The first-order valence-electron chi connectivity index (χ1n) is 7.12. The third-order valence-electron chi connectivity index (χ3n) is 3.27. The number of nitro benzene ring substituents is 1. The number of non-ortho nitro benzene ring substituents is 1. The van der Waals surface area contributed by atoms with Crippen LogP contribution in [0.5, 0.6) is 0 Å². The Bertz CT molecular complexity index is 696. The van der Waals surface area contributed by atoms with E-state index in [1.165, 1.54) is 18.5 Å². The van der Waals surface area contributed by atoms with E-state index in [0.29, 0.717) is 25.3 Å². The second-order valence-corrected chi connectivity index (χ2v) is 5.50. The van der Waals surface area contributed by atoms with Gasteiger partial charge in [-0.05, 0) is 12.0 Å². The summed E-state index contributed by atoms with van der Waals surface area (Å²) in [7, 11) is 0. The Labute approximate surface area is 143 Å². The second kappa shape index (κ2) is 8.82. The lowest BCUT2D eigenvalue weighted by Crippen LogP contribution is -2.11. The fourth-order valence-corrected chi connectivity index (χ4v) is 2.34. The fourth-order valence-electron chi connectivity index (χ4n) is 2.06. The summed E-state index contributed by atoms with van der Waals surface area (Å²) in [6, 6.07) is 6.40. The maximum absolute atomic E-state index is 10.6. The van der Waals surface area contributed by atoms with Crippen molar-refractivity contribution in [2.24, 2.45) is 0 Å². The van der Waals surface area contributed by atoms with Crippen LogP contribution in [0.2, 0.25) is 0 Å². The van der Waals surface area contributed by atoms with Gasteiger partial charge >= 0.3 is 0 Å². The molecule has 0 radical (unpaired) electrons. The van der Waals surface area contributed by atoms with E-state index >= 15 is 0 Å². The van der Waals surface area contributed by atoms with Gasteiger partial charge in [0, 0.05) is 30.4 Å². The van der Waals surface area contributed by atoms with E-state index in [-0.39, 0.29) is 17.5 Å². The average molecular weight is 348 g/mol. The Morgan fingerprint density at radius 2 is 2.12 bits per heavy atom. The predicted octanol–water partition coefficient (Wildman–Crippen LogP) is 2.18. The van der Waals surface area contributed by atoms with Gasteiger partial charge in [0.05, 0.1) is 10.2 Å². The molecule has 0 spiro atoms. The Morgan fingerprint density at radius 3 is 2.79 bits per heavy atom. The smallest absolute Gasteiger partial charge is 0.293 e. The molecule has 0 amide bonds. The van der Waals surface area contributed by atoms with Gasteiger partial charge in [0.2, 0.25) is 0 Å². The topological polar surface area (TPSA) is 107 Å². The van der Waals surface area contributed by atoms with Crippen LogP contribution in [0.3, 0.4) is 0 Å². The zero-order valence-electron chi connectivity index (χ0n) is 12.7. The highest BCUT2D eigenvalue weighted by atomic mass is 32.1. The minimum Gasteiger partial charge on any atom is -0.466 e. The SMILES string of the molecule is O=COCC(S)c1cncnc1NCCc1ccc([N+](=O)[O-])cc1. The van der Waals surface area contributed by atoms with Crippen molar-refractivity contribution < 1.29 is 14.5 Å². The van der Waals surface area contributed by atoms with E-state index in [1.54, 1.807) is 18.3 Å². The van der Waals surface area contributed by atoms with Crippen LogP contribution in [0.4, 0.5) is 11.5 Å². The highest BCUT2D eigenvalue weighted by Gasteiger charge is 2.13. The van der Waals surface area contributed by atoms with Gasteiger partial charge in [0.1, 0.15) is 18.8 Å². The van der Waals surface area contributed by atoms with Crippen LogP contribution in [0.1, 0.15) is 16.4 Å². The van der Waals surface area contributed by atoms with Crippen molar-refractivity contribution >= 4 is 30.6 Å². The Hall–Kier alpha value is -2.68. The Morgan fingerprint density at radius 1 is 1.38 bits per heavy atom. The predicted molar refractivity (Wildman–Crippen MR) is 91.1 cm³/mol. The molecule has 0 aliphatic carbocycles. The molecule has 1 aromatic heterocycles. The van der Waals surface area contributed by atoms with Crippen molar-refractivity contribution in [2.75, 3.05) is 18.5 Å². The zero-order chi connectivity index (χ0) is 17.4. The Balaban J connectivity index is 1.94. The molecule has 2 aromatic rings. The zero-order valence-corrected chi connectivity index (χ0v) is 13.6. The number of carbonyl (C=O) groups is 1. The lowest BCUT2D eigenvalue weighted by Gasteiger charge is -2.14. The van der Waals surface area contributed by atoms with Crippen LogP contribution >= 0.6 is 12.6 Å². The molecule has 9 heteroatoms. The van der Waals surface area contributed by atoms with E-state index in [2.05, 4.69) is 27.9 Å². The molecule has 1 N–H and O–H groups in total. The molecule has 0 aliphatic rings. The van der Waals surface area contributed by atoms with Gasteiger partial charge in [-0.15, -0.1) is 0 Å². The van der Waals surface area contributed by atoms with Gasteiger partial charge in [0.15, 0.2) is 0 Å². The first-order valence-corrected chi connectivity index (χ1v) is 7.64. The summed E-state index contributed by atoms with van der Waals surface area (Å²) in [5.41, 5.74) is 1.76. The van der Waals surface area contributed by atoms with Gasteiger partial charge in [-0.25, -0.2) is 9.97 Å². The maximum Gasteiger partial charge on any atom is 0.293 e. The molecule has 1 unspecified atom stereocenters. The van der Waals surface area contributed by atoms with Crippen molar-refractivity contribution in [2.45, 2.75) is 11.7 Å². The highest BCUT2D eigenvalue weighted by molar-refractivity contribution is 7.80. The molecule has 1 heterocycles. The number of nitro groups is 1. The summed E-state index contributed by atoms with van der Waals surface area (Å²) < 4.78 is 4.71. The summed E-state index contributed by atoms with van der Waals surface area (Å²) in [4.78, 5) is 28.6. The molecule has 126 valence electrons. The number of ether oxygens (including phenoxy) is 1. The molecule has 24 heavy (non-hydrogen) atoms. The van der Waals surface area contributed by atoms with E-state index in [9.17, 15) is 14.9 Å². The third kappa shape index (κ3) is 4.92. The van der Waals surface area contributed by atoms with Crippen LogP contribution in [0.15, 0.2) is 36.8 Å². The number of benzene rings is 1. The number of nitrogens with one attached hydrogen (secondary N) is 1. The van der Waals surface area contributed by atoms with Crippen LogP contribution in [0, 0.1) is 10.1 Å². The van der Waals surface area contributed by atoms with Crippen molar-refractivity contribution in [1.82, 2.24) is 9.97 Å². The summed E-state index contributed by atoms with van der Waals surface area (Å²) in [6.07, 6.45) is 3.70. The molecule has 2 rings (SSSR count). The second-order valence-electron chi connectivity index (χ2n) is 4.87. The van der Waals surface area contributed by atoms with E-state index < -0.39 is 4.92 Å². The van der Waals surface area contributed by atoms with Crippen LogP contribution < -0.4 is 5.32 Å². The number of thiol groups is 1. The molecule has 0 fully saturated rings. The van der Waals surface area contributed by atoms with Gasteiger partial charge in [-0.1, -0.05) is 12.1 Å². The number of nitrogens with zero attached hydrogens (tertiary/aromatic N) is 3. The van der Waals surface area contributed by atoms with Crippen LogP contribution in [-0.4, -0.2) is 34.5 Å². The summed E-state index contributed by atoms with van der Waals surface area (Å²) in [6.45, 7) is 1.07. The number of carbonyl (C=O) groups excluding carboxylic acids is 1. The average Bonchev–Trinajstić information content (AvgIpc) is 2.60. The number of hydrogen-bond donors (Lipinski definition) is 2. The molecular weight excluding hydrogens is 332 g/mol. The van der Waals surface area contributed by atoms with Gasteiger partial charge in [0.25, 0.3) is 12.2 Å². The van der Waals surface area contributed by atoms with Gasteiger partial charge in [-0.3, -0.25) is 14.9 Å². The van der Waals surface area contributed by atoms with E-state index in [4.69, 9.17) is 4.74 Å². The lowest BCUT2D eigenvalue weighted by atomic mass is 10.1. The largest absolute Gasteiger partial charge is 0.466 e. The van der Waals surface area contributed by atoms with Crippen molar-refractivity contribution in [3.05, 3.63) is 58.0 Å². The maximum atomic E-state index is 10.6. The fraction of sp³-hybridized carbons (Fsp3) is 0.267. The lowest BCUT2D eigenvalue weighted by molar-refractivity contribution is -0.384. The van der Waals surface area contributed by atoms with Crippen LogP contribution in [0.25, 0.3) is 0 Å². The molecule has 0 aliphatic heterocycles.